The summed E-state index contributed by atoms with van der Waals surface area (Å²) < 4.78 is 0. The van der Waals surface area contributed by atoms with Gasteiger partial charge < -0.3 is 5.32 Å². The summed E-state index contributed by atoms with van der Waals surface area (Å²) in [4.78, 5) is 0. The maximum absolute atomic E-state index is 3.34. The molecule has 1 nitrogen and oxygen atoms in total. The second-order valence-corrected chi connectivity index (χ2v) is 4.87. The van der Waals surface area contributed by atoms with E-state index in [-0.39, 0.29) is 0 Å². The molecule has 1 unspecified atom stereocenters. The van der Waals surface area contributed by atoms with Gasteiger partial charge in [0.2, 0.25) is 0 Å². The average molecular weight is 197 g/mol. The molecule has 0 aliphatic carbocycles. The lowest BCUT2D eigenvalue weighted by Crippen LogP contribution is -2.41. The second kappa shape index (κ2) is 7.28. The van der Waals surface area contributed by atoms with Gasteiger partial charge in [-0.3, -0.25) is 0 Å². The molecule has 1 rings (SSSR count). The standard InChI is InChI=1S/C13H27N/c1-3-7-12(4-2)8-5-6-9-13-10-14-11-13/h12-14H,3-11H2,1-2H3. The van der Waals surface area contributed by atoms with Crippen LogP contribution in [0.4, 0.5) is 0 Å². The van der Waals surface area contributed by atoms with Crippen LogP contribution in [0.5, 0.6) is 0 Å². The maximum atomic E-state index is 3.34. The molecule has 1 heteroatoms. The molecule has 1 N–H and O–H groups in total. The normalized spacial score (nSPS) is 19.3. The minimum atomic E-state index is 1.01. The molecule has 0 aromatic carbocycles. The number of hydrogen-bond donors (Lipinski definition) is 1. The van der Waals surface area contributed by atoms with Gasteiger partial charge in [-0.15, -0.1) is 0 Å². The van der Waals surface area contributed by atoms with Crippen molar-refractivity contribution in [3.05, 3.63) is 0 Å². The van der Waals surface area contributed by atoms with Gasteiger partial charge in [-0.1, -0.05) is 52.4 Å². The largest absolute Gasteiger partial charge is 0.316 e. The first-order valence-corrected chi connectivity index (χ1v) is 6.57. The molecule has 1 aliphatic heterocycles. The van der Waals surface area contributed by atoms with Crippen molar-refractivity contribution in [1.29, 1.82) is 0 Å². The summed E-state index contributed by atoms with van der Waals surface area (Å²) in [5, 5.41) is 3.34. The first-order chi connectivity index (χ1) is 6.86. The van der Waals surface area contributed by atoms with Crippen molar-refractivity contribution >= 4 is 0 Å². The Labute approximate surface area is 89.7 Å². The van der Waals surface area contributed by atoms with Crippen molar-refractivity contribution in [2.24, 2.45) is 11.8 Å². The van der Waals surface area contributed by atoms with Crippen molar-refractivity contribution in [2.45, 2.75) is 58.8 Å². The van der Waals surface area contributed by atoms with Crippen molar-refractivity contribution in [2.75, 3.05) is 13.1 Å². The summed E-state index contributed by atoms with van der Waals surface area (Å²) in [6, 6.07) is 0. The Morgan fingerprint density at radius 2 is 1.93 bits per heavy atom. The molecule has 1 fully saturated rings. The average Bonchev–Trinajstić information content (AvgIpc) is 2.13. The van der Waals surface area contributed by atoms with Crippen LogP contribution in [0.3, 0.4) is 0 Å². The Morgan fingerprint density at radius 3 is 2.43 bits per heavy atom. The summed E-state index contributed by atoms with van der Waals surface area (Å²) in [5.74, 6) is 2.03. The van der Waals surface area contributed by atoms with Crippen LogP contribution in [0.2, 0.25) is 0 Å². The quantitative estimate of drug-likeness (QED) is 0.586. The van der Waals surface area contributed by atoms with Crippen molar-refractivity contribution in [3.63, 3.8) is 0 Å². The Bertz CT molecular complexity index is 129. The summed E-state index contributed by atoms with van der Waals surface area (Å²) in [7, 11) is 0. The van der Waals surface area contributed by atoms with Gasteiger partial charge >= 0.3 is 0 Å². The second-order valence-electron chi connectivity index (χ2n) is 4.87. The fraction of sp³-hybridized carbons (Fsp3) is 1.00. The first kappa shape index (κ1) is 12.0. The maximum Gasteiger partial charge on any atom is -0.000826 e. The van der Waals surface area contributed by atoms with Crippen LogP contribution in [0.25, 0.3) is 0 Å². The van der Waals surface area contributed by atoms with Crippen molar-refractivity contribution in [1.82, 2.24) is 5.32 Å². The third-order valence-electron chi connectivity index (χ3n) is 3.62. The Hall–Kier alpha value is -0.0400. The van der Waals surface area contributed by atoms with Gasteiger partial charge in [-0.05, 0) is 31.3 Å². The van der Waals surface area contributed by atoms with Crippen LogP contribution in [0.1, 0.15) is 58.8 Å². The van der Waals surface area contributed by atoms with E-state index in [1.54, 1.807) is 0 Å². The molecule has 0 aromatic rings. The zero-order chi connectivity index (χ0) is 10.2. The third kappa shape index (κ3) is 4.45. The van der Waals surface area contributed by atoms with E-state index in [9.17, 15) is 0 Å². The van der Waals surface area contributed by atoms with Crippen molar-refractivity contribution in [3.8, 4) is 0 Å². The highest BCUT2D eigenvalue weighted by Gasteiger charge is 2.15. The molecule has 0 aromatic heterocycles. The molecule has 0 bridgehead atoms. The van der Waals surface area contributed by atoms with Gasteiger partial charge in [0, 0.05) is 0 Å². The lowest BCUT2D eigenvalue weighted by atomic mass is 9.91. The van der Waals surface area contributed by atoms with E-state index in [2.05, 4.69) is 19.2 Å². The zero-order valence-corrected chi connectivity index (χ0v) is 10.0. The molecule has 84 valence electrons. The van der Waals surface area contributed by atoms with Crippen molar-refractivity contribution < 1.29 is 0 Å². The van der Waals surface area contributed by atoms with Gasteiger partial charge in [0.15, 0.2) is 0 Å². The molecule has 1 aliphatic rings. The van der Waals surface area contributed by atoms with Crippen LogP contribution in [0, 0.1) is 11.8 Å². The predicted octanol–water partition coefficient (Wildman–Crippen LogP) is 3.59. The molecule has 0 radical (unpaired) electrons. The summed E-state index contributed by atoms with van der Waals surface area (Å²) in [6.45, 7) is 7.22. The molecular formula is C13H27N. The zero-order valence-electron chi connectivity index (χ0n) is 10.0. The number of unbranched alkanes of at least 4 members (excludes halogenated alkanes) is 1. The van der Waals surface area contributed by atoms with Crippen LogP contribution in [-0.2, 0) is 0 Å². The highest BCUT2D eigenvalue weighted by molar-refractivity contribution is 4.74. The highest BCUT2D eigenvalue weighted by Crippen LogP contribution is 2.20. The third-order valence-corrected chi connectivity index (χ3v) is 3.62. The van der Waals surface area contributed by atoms with Gasteiger partial charge in [0.1, 0.15) is 0 Å². The molecule has 0 spiro atoms. The number of hydrogen-bond acceptors (Lipinski definition) is 1. The van der Waals surface area contributed by atoms with E-state index in [4.69, 9.17) is 0 Å². The molecule has 1 atom stereocenters. The van der Waals surface area contributed by atoms with E-state index >= 15 is 0 Å². The van der Waals surface area contributed by atoms with E-state index in [1.807, 2.05) is 0 Å². The van der Waals surface area contributed by atoms with Gasteiger partial charge in [-0.2, -0.15) is 0 Å². The first-order valence-electron chi connectivity index (χ1n) is 6.57. The van der Waals surface area contributed by atoms with E-state index in [0.717, 1.165) is 11.8 Å². The minimum Gasteiger partial charge on any atom is -0.316 e. The van der Waals surface area contributed by atoms with Gasteiger partial charge in [0.05, 0.1) is 0 Å². The monoisotopic (exact) mass is 197 g/mol. The summed E-state index contributed by atoms with van der Waals surface area (Å²) in [5.41, 5.74) is 0. The minimum absolute atomic E-state index is 1.01. The molecule has 1 saturated heterocycles. The summed E-state index contributed by atoms with van der Waals surface area (Å²) in [6.07, 6.45) is 10.1. The highest BCUT2D eigenvalue weighted by atomic mass is 14.9. The lowest BCUT2D eigenvalue weighted by Gasteiger charge is -2.27. The predicted molar refractivity (Wildman–Crippen MR) is 63.5 cm³/mol. The fourth-order valence-electron chi connectivity index (χ4n) is 2.38. The van der Waals surface area contributed by atoms with Gasteiger partial charge in [0.25, 0.3) is 0 Å². The Balaban J connectivity index is 1.89. The van der Waals surface area contributed by atoms with E-state index in [0.29, 0.717) is 0 Å². The smallest absolute Gasteiger partial charge is 0.000826 e. The van der Waals surface area contributed by atoms with Crippen LogP contribution >= 0.6 is 0 Å². The van der Waals surface area contributed by atoms with E-state index in [1.165, 1.54) is 58.0 Å². The van der Waals surface area contributed by atoms with Gasteiger partial charge in [-0.25, -0.2) is 0 Å². The topological polar surface area (TPSA) is 12.0 Å². The summed E-state index contributed by atoms with van der Waals surface area (Å²) >= 11 is 0. The van der Waals surface area contributed by atoms with Crippen LogP contribution < -0.4 is 5.32 Å². The fourth-order valence-corrected chi connectivity index (χ4v) is 2.38. The molecule has 1 heterocycles. The number of rotatable bonds is 8. The molecule has 0 saturated carbocycles. The molecular weight excluding hydrogens is 170 g/mol. The lowest BCUT2D eigenvalue weighted by molar-refractivity contribution is 0.309. The SMILES string of the molecule is CCCC(CC)CCCCC1CNC1. The Kier molecular flexibility index (Phi) is 6.25. The van der Waals surface area contributed by atoms with Crippen LogP contribution in [0.15, 0.2) is 0 Å². The van der Waals surface area contributed by atoms with E-state index < -0.39 is 0 Å². The Morgan fingerprint density at radius 1 is 1.14 bits per heavy atom. The molecule has 0 amide bonds. The number of nitrogens with one attached hydrogen (secondary N) is 1. The molecule has 14 heavy (non-hydrogen) atoms. The van der Waals surface area contributed by atoms with Crippen LogP contribution in [-0.4, -0.2) is 13.1 Å².